The van der Waals surface area contributed by atoms with Crippen molar-refractivity contribution in [2.45, 2.75) is 18.3 Å². The van der Waals surface area contributed by atoms with Crippen LogP contribution in [0.2, 0.25) is 0 Å². The van der Waals surface area contributed by atoms with Crippen molar-refractivity contribution >= 4 is 29.5 Å². The van der Waals surface area contributed by atoms with Gasteiger partial charge in [-0.1, -0.05) is 6.07 Å². The number of amides is 2. The molecular formula is C15H12F2N2O4S. The van der Waals surface area contributed by atoms with E-state index in [4.69, 9.17) is 0 Å². The fourth-order valence-electron chi connectivity index (χ4n) is 2.70. The first-order valence-corrected chi connectivity index (χ1v) is 8.00. The van der Waals surface area contributed by atoms with Crippen LogP contribution in [0.25, 0.3) is 0 Å². The summed E-state index contributed by atoms with van der Waals surface area (Å²) in [4.78, 5) is 36.7. The summed E-state index contributed by atoms with van der Waals surface area (Å²) < 4.78 is 27.3. The lowest BCUT2D eigenvalue weighted by atomic mass is 10.0. The predicted molar refractivity (Wildman–Crippen MR) is 81.0 cm³/mol. The van der Waals surface area contributed by atoms with Gasteiger partial charge in [-0.2, -0.15) is 0 Å². The normalized spacial score (nSPS) is 22.8. The highest BCUT2D eigenvalue weighted by Crippen LogP contribution is 2.40. The molecule has 1 saturated heterocycles. The van der Waals surface area contributed by atoms with E-state index in [2.05, 4.69) is 5.32 Å². The summed E-state index contributed by atoms with van der Waals surface area (Å²) in [5.41, 5.74) is -0.330. The second kappa shape index (κ2) is 5.90. The van der Waals surface area contributed by atoms with Gasteiger partial charge in [0.25, 0.3) is 11.8 Å². The summed E-state index contributed by atoms with van der Waals surface area (Å²) in [6.07, 6.45) is 0. The van der Waals surface area contributed by atoms with E-state index in [1.54, 1.807) is 6.92 Å². The molecule has 0 aliphatic carbocycles. The fourth-order valence-corrected chi connectivity index (χ4v) is 4.00. The molecular weight excluding hydrogens is 342 g/mol. The first-order valence-electron chi connectivity index (χ1n) is 6.95. The van der Waals surface area contributed by atoms with E-state index in [0.717, 1.165) is 23.1 Å². The maximum Gasteiger partial charge on any atom is 0.352 e. The van der Waals surface area contributed by atoms with Crippen molar-refractivity contribution in [3.05, 3.63) is 46.7 Å². The summed E-state index contributed by atoms with van der Waals surface area (Å²) in [5, 5.41) is 10.9. The van der Waals surface area contributed by atoms with Gasteiger partial charge >= 0.3 is 5.97 Å². The Morgan fingerprint density at radius 3 is 2.54 bits per heavy atom. The third-order valence-corrected chi connectivity index (χ3v) is 5.26. The van der Waals surface area contributed by atoms with Crippen molar-refractivity contribution in [2.24, 2.45) is 0 Å². The molecule has 2 amide bonds. The third kappa shape index (κ3) is 2.44. The minimum Gasteiger partial charge on any atom is -0.477 e. The second-order valence-corrected chi connectivity index (χ2v) is 6.50. The predicted octanol–water partition coefficient (Wildman–Crippen LogP) is 1.34. The Morgan fingerprint density at radius 1 is 1.33 bits per heavy atom. The van der Waals surface area contributed by atoms with E-state index in [0.29, 0.717) is 11.3 Å². The number of thioether (sulfide) groups is 1. The lowest BCUT2D eigenvalue weighted by molar-refractivity contribution is -0.148. The number of nitrogens with one attached hydrogen (secondary N) is 1. The van der Waals surface area contributed by atoms with Crippen LogP contribution in [0.15, 0.2) is 29.5 Å². The van der Waals surface area contributed by atoms with Crippen LogP contribution >= 0.6 is 11.8 Å². The van der Waals surface area contributed by atoms with Crippen molar-refractivity contribution in [3.63, 3.8) is 0 Å². The van der Waals surface area contributed by atoms with Gasteiger partial charge in [-0.05, 0) is 24.6 Å². The summed E-state index contributed by atoms with van der Waals surface area (Å²) in [6, 6.07) is 1.98. The number of carbonyl (C=O) groups excluding carboxylic acids is 2. The number of carboxylic acid groups (broad SMARTS) is 1. The van der Waals surface area contributed by atoms with Gasteiger partial charge in [0.05, 0.1) is 0 Å². The van der Waals surface area contributed by atoms with Gasteiger partial charge in [0.1, 0.15) is 34.3 Å². The van der Waals surface area contributed by atoms with Crippen molar-refractivity contribution in [1.82, 2.24) is 10.2 Å². The molecule has 1 aromatic rings. The zero-order valence-electron chi connectivity index (χ0n) is 12.4. The first kappa shape index (κ1) is 16.4. The molecule has 0 saturated carbocycles. The number of hydrogen-bond acceptors (Lipinski definition) is 4. The zero-order valence-corrected chi connectivity index (χ0v) is 13.2. The van der Waals surface area contributed by atoms with E-state index < -0.39 is 46.4 Å². The van der Waals surface area contributed by atoms with Crippen molar-refractivity contribution in [2.75, 3.05) is 5.75 Å². The maximum absolute atomic E-state index is 13.6. The highest BCUT2D eigenvalue weighted by atomic mass is 32.2. The quantitative estimate of drug-likeness (QED) is 0.800. The molecule has 0 spiro atoms. The van der Waals surface area contributed by atoms with Crippen LogP contribution in [-0.2, 0) is 9.59 Å². The fraction of sp³-hybridized carbons (Fsp3) is 0.267. The van der Waals surface area contributed by atoms with Gasteiger partial charge in [0, 0.05) is 5.75 Å². The number of carboxylic acids is 1. The largest absolute Gasteiger partial charge is 0.477 e. The van der Waals surface area contributed by atoms with E-state index in [1.165, 1.54) is 11.8 Å². The molecule has 0 unspecified atom stereocenters. The summed E-state index contributed by atoms with van der Waals surface area (Å²) >= 11 is 1.28. The minimum absolute atomic E-state index is 0.105. The molecule has 2 aliphatic rings. The van der Waals surface area contributed by atoms with Crippen LogP contribution in [0.5, 0.6) is 0 Å². The summed E-state index contributed by atoms with van der Waals surface area (Å²) in [5.74, 6) is -4.57. The molecule has 2 aliphatic heterocycles. The van der Waals surface area contributed by atoms with Crippen LogP contribution in [0.1, 0.15) is 17.3 Å². The van der Waals surface area contributed by atoms with E-state index >= 15 is 0 Å². The molecule has 126 valence electrons. The highest BCUT2D eigenvalue weighted by molar-refractivity contribution is 8.00. The Kier molecular flexibility index (Phi) is 4.04. The molecule has 0 aromatic heterocycles. The van der Waals surface area contributed by atoms with E-state index in [-0.39, 0.29) is 5.70 Å². The van der Waals surface area contributed by atoms with Gasteiger partial charge in [-0.25, -0.2) is 13.6 Å². The third-order valence-electron chi connectivity index (χ3n) is 3.84. The smallest absolute Gasteiger partial charge is 0.352 e. The number of aliphatic carboxylic acids is 1. The van der Waals surface area contributed by atoms with Crippen molar-refractivity contribution in [1.29, 1.82) is 0 Å². The number of halogens is 2. The van der Waals surface area contributed by atoms with E-state index in [1.807, 2.05) is 0 Å². The van der Waals surface area contributed by atoms with Crippen LogP contribution in [0.4, 0.5) is 8.78 Å². The Bertz CT molecular complexity index is 775. The Balaban J connectivity index is 1.81. The zero-order chi connectivity index (χ0) is 17.6. The monoisotopic (exact) mass is 354 g/mol. The first-order chi connectivity index (χ1) is 11.3. The van der Waals surface area contributed by atoms with Crippen LogP contribution in [0.3, 0.4) is 0 Å². The number of rotatable bonds is 3. The Labute approximate surface area is 139 Å². The molecule has 3 rings (SSSR count). The Hall–Kier alpha value is -2.42. The molecule has 1 aromatic carbocycles. The van der Waals surface area contributed by atoms with E-state index in [9.17, 15) is 28.3 Å². The molecule has 2 atom stereocenters. The lowest BCUT2D eigenvalue weighted by Crippen LogP contribution is -2.70. The number of hydrogen-bond donors (Lipinski definition) is 2. The molecule has 2 heterocycles. The van der Waals surface area contributed by atoms with Crippen LogP contribution < -0.4 is 5.32 Å². The average Bonchev–Trinajstić information content (AvgIpc) is 2.51. The second-order valence-electron chi connectivity index (χ2n) is 5.39. The standard InChI is InChI=1S/C15H12F2N2O4S/c1-6-5-24-14-10(13(21)19(14)11(6)15(22)23)18-12(20)9-7(16)3-2-4-8(9)17/h2-4,10,14H,5H2,1H3,(H,18,20)(H,22,23)/t10-,14+/m1/s1. The van der Waals surface area contributed by atoms with Crippen molar-refractivity contribution < 1.29 is 28.3 Å². The van der Waals surface area contributed by atoms with Gasteiger partial charge in [-0.3, -0.25) is 14.5 Å². The topological polar surface area (TPSA) is 86.7 Å². The Morgan fingerprint density at radius 2 is 1.96 bits per heavy atom. The SMILES string of the molecule is CC1=C(C(=O)O)N2C(=O)[C@@H](NC(=O)c3c(F)cccc3F)[C@@H]2SC1. The molecule has 24 heavy (non-hydrogen) atoms. The number of benzene rings is 1. The van der Waals surface area contributed by atoms with Crippen LogP contribution in [-0.4, -0.2) is 45.0 Å². The van der Waals surface area contributed by atoms with Gasteiger partial charge in [0.15, 0.2) is 0 Å². The number of β-lactam (4-membered cyclic amide) rings is 1. The molecule has 1 fully saturated rings. The average molecular weight is 354 g/mol. The lowest BCUT2D eigenvalue weighted by Gasteiger charge is -2.49. The maximum atomic E-state index is 13.6. The highest BCUT2D eigenvalue weighted by Gasteiger charge is 2.53. The molecule has 9 heteroatoms. The molecule has 0 bridgehead atoms. The van der Waals surface area contributed by atoms with Gasteiger partial charge in [0.2, 0.25) is 0 Å². The molecule has 6 nitrogen and oxygen atoms in total. The number of nitrogens with zero attached hydrogens (tertiary/aromatic N) is 1. The molecule has 0 radical (unpaired) electrons. The minimum atomic E-state index is -1.23. The van der Waals surface area contributed by atoms with Gasteiger partial charge < -0.3 is 10.4 Å². The van der Waals surface area contributed by atoms with Gasteiger partial charge in [-0.15, -0.1) is 11.8 Å². The number of fused-ring (bicyclic) bond motifs is 1. The number of carbonyl (C=O) groups is 3. The summed E-state index contributed by atoms with van der Waals surface area (Å²) in [7, 11) is 0. The van der Waals surface area contributed by atoms with Crippen molar-refractivity contribution in [3.8, 4) is 0 Å². The summed E-state index contributed by atoms with van der Waals surface area (Å²) in [6.45, 7) is 1.61. The molecule has 2 N–H and O–H groups in total. The van der Waals surface area contributed by atoms with Crippen LogP contribution in [0, 0.1) is 11.6 Å².